The topological polar surface area (TPSA) is 125 Å². The van der Waals surface area contributed by atoms with Gasteiger partial charge in [0.15, 0.2) is 5.78 Å². The molecular formula is C36H42O9. The van der Waals surface area contributed by atoms with Gasteiger partial charge < -0.3 is 24.1 Å². The Morgan fingerprint density at radius 2 is 1.82 bits per heavy atom. The van der Waals surface area contributed by atoms with Gasteiger partial charge in [-0.2, -0.15) is 0 Å². The molecular weight excluding hydrogens is 576 g/mol. The number of ether oxygens (including phenoxy) is 4. The lowest BCUT2D eigenvalue weighted by atomic mass is 9.42. The monoisotopic (exact) mass is 618 g/mol. The highest BCUT2D eigenvalue weighted by atomic mass is 16.6. The van der Waals surface area contributed by atoms with Crippen molar-refractivity contribution in [3.63, 3.8) is 0 Å². The molecule has 240 valence electrons. The Morgan fingerprint density at radius 1 is 1.09 bits per heavy atom. The van der Waals surface area contributed by atoms with E-state index in [2.05, 4.69) is 26.8 Å². The molecule has 7 aliphatic rings. The maximum Gasteiger partial charge on any atom is 0.331 e. The van der Waals surface area contributed by atoms with E-state index in [1.54, 1.807) is 18.4 Å². The van der Waals surface area contributed by atoms with Crippen LogP contribution in [0.5, 0.6) is 0 Å². The summed E-state index contributed by atoms with van der Waals surface area (Å²) in [6.45, 7) is 12.2. The molecule has 0 spiro atoms. The molecule has 7 unspecified atom stereocenters. The Labute approximate surface area is 263 Å². The number of allylic oxidation sites excluding steroid dienone is 4. The minimum Gasteiger partial charge on any atom is -0.493 e. The lowest BCUT2D eigenvalue weighted by molar-refractivity contribution is -0.190. The van der Waals surface area contributed by atoms with Gasteiger partial charge in [0.05, 0.1) is 31.3 Å². The van der Waals surface area contributed by atoms with E-state index in [1.165, 1.54) is 13.2 Å². The predicted molar refractivity (Wildman–Crippen MR) is 161 cm³/mol. The number of carbonyl (C=O) groups is 4. The van der Waals surface area contributed by atoms with Gasteiger partial charge in [-0.05, 0) is 67.7 Å². The normalized spacial score (nSPS) is 47.4. The number of carboxylic acids is 1. The van der Waals surface area contributed by atoms with Crippen molar-refractivity contribution in [1.29, 1.82) is 0 Å². The fourth-order valence-electron chi connectivity index (χ4n) is 10.9. The SMILES string of the molecule is COC(=O)CC1C2(C)C3=C(C)[C@H](C4(C)C=COC4C4=CC=C(C(=O)O)CC4C)C[C@H]3OC2[C@@H]2OC(=O)[C@]3(C)C=CC(=O)C1(C)[C@@H]23. The Morgan fingerprint density at radius 3 is 2.49 bits per heavy atom. The molecule has 4 aliphatic carbocycles. The average Bonchev–Trinajstić information content (AvgIpc) is 3.70. The van der Waals surface area contributed by atoms with Crippen LogP contribution in [0.15, 0.2) is 58.9 Å². The molecule has 9 heteroatoms. The van der Waals surface area contributed by atoms with Gasteiger partial charge in [0, 0.05) is 27.7 Å². The largest absolute Gasteiger partial charge is 0.493 e. The summed E-state index contributed by atoms with van der Waals surface area (Å²) in [6, 6.07) is 0. The summed E-state index contributed by atoms with van der Waals surface area (Å²) in [6.07, 6.45) is 10.0. The number of fused-ring (bicyclic) bond motifs is 4. The summed E-state index contributed by atoms with van der Waals surface area (Å²) >= 11 is 0. The summed E-state index contributed by atoms with van der Waals surface area (Å²) in [5.41, 5.74) is 0.359. The van der Waals surface area contributed by atoms with Crippen LogP contribution in [0.1, 0.15) is 60.8 Å². The third-order valence-corrected chi connectivity index (χ3v) is 13.1. The third kappa shape index (κ3) is 3.64. The zero-order chi connectivity index (χ0) is 32.4. The van der Waals surface area contributed by atoms with E-state index in [0.29, 0.717) is 18.4 Å². The molecule has 0 aromatic heterocycles. The molecule has 3 heterocycles. The molecule has 3 aliphatic heterocycles. The van der Waals surface area contributed by atoms with Crippen LogP contribution in [0.2, 0.25) is 0 Å². The molecule has 1 N–H and O–H groups in total. The third-order valence-electron chi connectivity index (χ3n) is 13.1. The number of hydrogen-bond donors (Lipinski definition) is 1. The highest BCUT2D eigenvalue weighted by molar-refractivity contribution is 6.00. The van der Waals surface area contributed by atoms with E-state index in [4.69, 9.17) is 18.9 Å². The fourth-order valence-corrected chi connectivity index (χ4v) is 10.9. The second-order valence-corrected chi connectivity index (χ2v) is 15.1. The number of methoxy groups -OCH3 is 1. The first-order chi connectivity index (χ1) is 21.1. The Bertz CT molecular complexity index is 1580. The number of hydrogen-bond acceptors (Lipinski definition) is 8. The van der Waals surface area contributed by atoms with E-state index < -0.39 is 57.6 Å². The van der Waals surface area contributed by atoms with Crippen molar-refractivity contribution in [3.05, 3.63) is 58.9 Å². The van der Waals surface area contributed by atoms with Crippen LogP contribution in [0, 0.1) is 45.3 Å². The van der Waals surface area contributed by atoms with Crippen molar-refractivity contribution in [2.45, 2.75) is 85.2 Å². The lowest BCUT2D eigenvalue weighted by Crippen LogP contribution is -2.66. The number of esters is 2. The van der Waals surface area contributed by atoms with E-state index >= 15 is 0 Å². The molecule has 1 saturated carbocycles. The molecule has 3 fully saturated rings. The predicted octanol–water partition coefficient (Wildman–Crippen LogP) is 4.88. The second kappa shape index (κ2) is 9.53. The molecule has 0 aromatic carbocycles. The van der Waals surface area contributed by atoms with E-state index in [9.17, 15) is 24.3 Å². The van der Waals surface area contributed by atoms with Gasteiger partial charge in [-0.3, -0.25) is 14.4 Å². The molecule has 0 bridgehead atoms. The Kier molecular flexibility index (Phi) is 6.40. The highest BCUT2D eigenvalue weighted by Crippen LogP contribution is 2.72. The van der Waals surface area contributed by atoms with Gasteiger partial charge in [-0.25, -0.2) is 4.79 Å². The number of ketones is 1. The fraction of sp³-hybridized carbons (Fsp3) is 0.611. The van der Waals surface area contributed by atoms with Crippen LogP contribution in [0.3, 0.4) is 0 Å². The van der Waals surface area contributed by atoms with Crippen LogP contribution in [-0.2, 0) is 38.1 Å². The molecule has 0 aromatic rings. The number of rotatable bonds is 5. The Hall–Kier alpha value is -3.46. The standard InChI is InChI=1S/C36H42O9/c1-17-14-19(31(39)40)8-9-20(17)29-33(3,12-13-43-29)21-15-22-26(18(21)2)36(6)23(16-25(38)42-7)35(5)24(37)10-11-34(4)28(35)27(30(36)44-22)45-32(34)41/h8-13,17,21-23,27-30H,14-16H2,1-7H3,(H,39,40)/t17?,21-,22-,23?,27-,28+,29?,30?,33?,34-,35?,36?/m1/s1. The summed E-state index contributed by atoms with van der Waals surface area (Å²) in [5.74, 6) is -2.75. The van der Waals surface area contributed by atoms with Crippen molar-refractivity contribution in [1.82, 2.24) is 0 Å². The lowest BCUT2D eigenvalue weighted by Gasteiger charge is -2.59. The minimum atomic E-state index is -1.07. The van der Waals surface area contributed by atoms with Crippen LogP contribution >= 0.6 is 0 Å². The van der Waals surface area contributed by atoms with E-state index in [-0.39, 0.29) is 42.2 Å². The van der Waals surface area contributed by atoms with Crippen molar-refractivity contribution < 1.29 is 43.2 Å². The van der Waals surface area contributed by atoms with Crippen molar-refractivity contribution >= 4 is 23.7 Å². The maximum absolute atomic E-state index is 14.0. The highest BCUT2D eigenvalue weighted by Gasteiger charge is 2.78. The first-order valence-corrected chi connectivity index (χ1v) is 16.0. The van der Waals surface area contributed by atoms with Crippen molar-refractivity contribution in [2.75, 3.05) is 7.11 Å². The molecule has 12 atom stereocenters. The van der Waals surface area contributed by atoms with E-state index in [1.807, 2.05) is 26.8 Å². The molecule has 45 heavy (non-hydrogen) atoms. The van der Waals surface area contributed by atoms with Gasteiger partial charge in [0.1, 0.15) is 18.3 Å². The van der Waals surface area contributed by atoms with Gasteiger partial charge >= 0.3 is 17.9 Å². The minimum absolute atomic E-state index is 0.00581. The Balaban J connectivity index is 1.34. The average molecular weight is 619 g/mol. The number of carbonyl (C=O) groups excluding carboxylic acids is 3. The molecule has 7 rings (SSSR count). The quantitative estimate of drug-likeness (QED) is 0.339. The van der Waals surface area contributed by atoms with Crippen LogP contribution in [0.25, 0.3) is 0 Å². The van der Waals surface area contributed by atoms with Crippen LogP contribution in [0.4, 0.5) is 0 Å². The summed E-state index contributed by atoms with van der Waals surface area (Å²) in [4.78, 5) is 52.2. The van der Waals surface area contributed by atoms with E-state index in [0.717, 1.165) is 16.7 Å². The van der Waals surface area contributed by atoms with Crippen LogP contribution in [-0.4, -0.2) is 60.3 Å². The van der Waals surface area contributed by atoms with Gasteiger partial charge in [-0.1, -0.05) is 51.5 Å². The molecule has 9 nitrogen and oxygen atoms in total. The summed E-state index contributed by atoms with van der Waals surface area (Å²) in [7, 11) is 1.36. The molecule has 0 radical (unpaired) electrons. The van der Waals surface area contributed by atoms with Gasteiger partial charge in [-0.15, -0.1) is 0 Å². The molecule has 0 amide bonds. The maximum atomic E-state index is 14.0. The summed E-state index contributed by atoms with van der Waals surface area (Å²) < 4.78 is 24.6. The first-order valence-electron chi connectivity index (χ1n) is 16.0. The zero-order valence-electron chi connectivity index (χ0n) is 26.9. The smallest absolute Gasteiger partial charge is 0.331 e. The van der Waals surface area contributed by atoms with Crippen LogP contribution < -0.4 is 0 Å². The molecule has 2 saturated heterocycles. The number of aliphatic carboxylic acids is 1. The number of carboxylic acid groups (broad SMARTS) is 1. The summed E-state index contributed by atoms with van der Waals surface area (Å²) in [5, 5.41) is 9.55. The first kappa shape index (κ1) is 30.2. The van der Waals surface area contributed by atoms with Gasteiger partial charge in [0.2, 0.25) is 0 Å². The van der Waals surface area contributed by atoms with Crippen molar-refractivity contribution in [2.24, 2.45) is 45.3 Å². The van der Waals surface area contributed by atoms with Gasteiger partial charge in [0.25, 0.3) is 0 Å². The van der Waals surface area contributed by atoms with Crippen molar-refractivity contribution in [3.8, 4) is 0 Å². The second-order valence-electron chi connectivity index (χ2n) is 15.1. The zero-order valence-corrected chi connectivity index (χ0v) is 26.9.